The summed E-state index contributed by atoms with van der Waals surface area (Å²) in [6, 6.07) is 4.54. The highest BCUT2D eigenvalue weighted by atomic mass is 35.5. The van der Waals surface area contributed by atoms with Crippen LogP contribution in [0.15, 0.2) is 18.2 Å². The number of rotatable bonds is 7. The predicted octanol–water partition coefficient (Wildman–Crippen LogP) is 2.24. The molecule has 146 valence electrons. The van der Waals surface area contributed by atoms with E-state index in [0.29, 0.717) is 10.7 Å². The monoisotopic (exact) mass is 395 g/mol. The lowest BCUT2D eigenvalue weighted by Gasteiger charge is -2.15. The van der Waals surface area contributed by atoms with E-state index in [-0.39, 0.29) is 25.3 Å². The topological polar surface area (TPSA) is 105 Å². The van der Waals surface area contributed by atoms with Crippen molar-refractivity contribution in [2.24, 2.45) is 0 Å². The van der Waals surface area contributed by atoms with Gasteiger partial charge in [-0.3, -0.25) is 19.3 Å². The average Bonchev–Trinajstić information content (AvgIpc) is 2.77. The molecule has 2 N–H and O–H groups in total. The number of benzene rings is 1. The fourth-order valence-corrected chi connectivity index (χ4v) is 2.80. The van der Waals surface area contributed by atoms with Gasteiger partial charge in [-0.25, -0.2) is 4.79 Å². The van der Waals surface area contributed by atoms with Crippen LogP contribution < -0.4 is 10.6 Å². The number of nitrogens with zero attached hydrogens (tertiary/aromatic N) is 1. The van der Waals surface area contributed by atoms with Gasteiger partial charge >= 0.3 is 12.0 Å². The summed E-state index contributed by atoms with van der Waals surface area (Å²) in [4.78, 5) is 48.4. The number of nitrogens with one attached hydrogen (secondary N) is 2. The first-order valence-corrected chi connectivity index (χ1v) is 8.83. The summed E-state index contributed by atoms with van der Waals surface area (Å²) in [6.45, 7) is 4.71. The molecule has 1 aliphatic heterocycles. The second-order valence-corrected chi connectivity index (χ2v) is 7.22. The number of carbonyl (C=O) groups is 4. The Morgan fingerprint density at radius 2 is 2.00 bits per heavy atom. The van der Waals surface area contributed by atoms with E-state index >= 15 is 0 Å². The lowest BCUT2D eigenvalue weighted by atomic mass is 10.1. The quantitative estimate of drug-likeness (QED) is 0.544. The van der Waals surface area contributed by atoms with E-state index < -0.39 is 30.1 Å². The Morgan fingerprint density at radius 1 is 1.30 bits per heavy atom. The Kier molecular flexibility index (Phi) is 6.43. The van der Waals surface area contributed by atoms with Crippen molar-refractivity contribution in [1.29, 1.82) is 0 Å². The SMILES string of the molecule is Cc1cc(Cl)ccc1NC(=O)COC(=O)CCCN1C(=O)NC(C)(C)C1=O. The van der Waals surface area contributed by atoms with Gasteiger partial charge in [0.25, 0.3) is 11.8 Å². The van der Waals surface area contributed by atoms with Crippen LogP contribution in [0, 0.1) is 6.92 Å². The van der Waals surface area contributed by atoms with Gasteiger partial charge < -0.3 is 15.4 Å². The van der Waals surface area contributed by atoms with E-state index in [1.807, 2.05) is 0 Å². The van der Waals surface area contributed by atoms with E-state index in [9.17, 15) is 19.2 Å². The van der Waals surface area contributed by atoms with Crippen molar-refractivity contribution in [2.75, 3.05) is 18.5 Å². The number of carbonyl (C=O) groups excluding carboxylic acids is 4. The maximum atomic E-state index is 12.0. The lowest BCUT2D eigenvalue weighted by molar-refractivity contribution is -0.147. The molecule has 1 fully saturated rings. The third kappa shape index (κ3) is 5.43. The standard InChI is InChI=1S/C18H22ClN3O5/c1-11-9-12(19)6-7-13(11)20-14(23)10-27-15(24)5-4-8-22-16(25)18(2,3)21-17(22)26/h6-7,9H,4-5,8,10H2,1-3H3,(H,20,23)(H,21,26). The molecule has 0 saturated carbocycles. The third-order valence-corrected chi connectivity index (χ3v) is 4.27. The molecule has 2 rings (SSSR count). The number of imide groups is 1. The Morgan fingerprint density at radius 3 is 2.59 bits per heavy atom. The van der Waals surface area contributed by atoms with Crippen molar-refractivity contribution in [3.8, 4) is 0 Å². The van der Waals surface area contributed by atoms with Gasteiger partial charge in [-0.05, 0) is 51.0 Å². The van der Waals surface area contributed by atoms with Crippen LogP contribution in [-0.4, -0.2) is 47.4 Å². The van der Waals surface area contributed by atoms with Crippen LogP contribution in [0.2, 0.25) is 5.02 Å². The van der Waals surface area contributed by atoms with Crippen molar-refractivity contribution in [3.05, 3.63) is 28.8 Å². The normalized spacial score (nSPS) is 15.5. The maximum absolute atomic E-state index is 12.0. The molecule has 9 heteroatoms. The summed E-state index contributed by atoms with van der Waals surface area (Å²) in [5, 5.41) is 5.76. The predicted molar refractivity (Wildman–Crippen MR) is 99.3 cm³/mol. The highest BCUT2D eigenvalue weighted by molar-refractivity contribution is 6.30. The highest BCUT2D eigenvalue weighted by Crippen LogP contribution is 2.19. The van der Waals surface area contributed by atoms with Gasteiger partial charge in [-0.1, -0.05) is 11.6 Å². The molecular weight excluding hydrogens is 374 g/mol. The number of esters is 1. The zero-order chi connectivity index (χ0) is 20.2. The average molecular weight is 396 g/mol. The summed E-state index contributed by atoms with van der Waals surface area (Å²) in [5.41, 5.74) is 0.440. The Bertz CT molecular complexity index is 778. The Balaban J connectivity index is 1.71. The molecule has 0 atom stereocenters. The number of ether oxygens (including phenoxy) is 1. The first-order chi connectivity index (χ1) is 12.6. The van der Waals surface area contributed by atoms with Crippen LogP contribution in [0.5, 0.6) is 0 Å². The molecule has 27 heavy (non-hydrogen) atoms. The van der Waals surface area contributed by atoms with Gasteiger partial charge in [0.2, 0.25) is 0 Å². The van der Waals surface area contributed by atoms with E-state index in [2.05, 4.69) is 10.6 Å². The summed E-state index contributed by atoms with van der Waals surface area (Å²) in [7, 11) is 0. The third-order valence-electron chi connectivity index (χ3n) is 4.03. The van der Waals surface area contributed by atoms with Crippen LogP contribution in [0.1, 0.15) is 32.3 Å². The van der Waals surface area contributed by atoms with Gasteiger partial charge in [-0.15, -0.1) is 0 Å². The number of anilines is 1. The summed E-state index contributed by atoms with van der Waals surface area (Å²) in [5.74, 6) is -1.38. The minimum Gasteiger partial charge on any atom is -0.456 e. The molecule has 1 aromatic rings. The number of halogens is 1. The molecule has 0 aliphatic carbocycles. The number of urea groups is 1. The lowest BCUT2D eigenvalue weighted by Crippen LogP contribution is -2.40. The van der Waals surface area contributed by atoms with E-state index in [1.165, 1.54) is 0 Å². The number of amides is 4. The van der Waals surface area contributed by atoms with E-state index in [0.717, 1.165) is 10.5 Å². The van der Waals surface area contributed by atoms with Crippen LogP contribution in [0.4, 0.5) is 10.5 Å². The summed E-state index contributed by atoms with van der Waals surface area (Å²) < 4.78 is 4.92. The van der Waals surface area contributed by atoms with Crippen LogP contribution >= 0.6 is 11.6 Å². The first-order valence-electron chi connectivity index (χ1n) is 8.46. The minimum atomic E-state index is -0.935. The molecule has 0 unspecified atom stereocenters. The Hall–Kier alpha value is -2.61. The largest absolute Gasteiger partial charge is 0.456 e. The van der Waals surface area contributed by atoms with Crippen LogP contribution in [0.25, 0.3) is 0 Å². The fourth-order valence-electron chi connectivity index (χ4n) is 2.57. The number of hydrogen-bond donors (Lipinski definition) is 2. The number of aryl methyl sites for hydroxylation is 1. The molecule has 0 bridgehead atoms. The Labute approximate surface area is 162 Å². The van der Waals surface area contributed by atoms with Gasteiger partial charge in [0.05, 0.1) is 0 Å². The smallest absolute Gasteiger partial charge is 0.325 e. The van der Waals surface area contributed by atoms with Crippen molar-refractivity contribution in [3.63, 3.8) is 0 Å². The van der Waals surface area contributed by atoms with Gasteiger partial charge in [0, 0.05) is 23.7 Å². The molecule has 4 amide bonds. The highest BCUT2D eigenvalue weighted by Gasteiger charge is 2.43. The number of hydrogen-bond acceptors (Lipinski definition) is 5. The molecular formula is C18H22ClN3O5. The van der Waals surface area contributed by atoms with Gasteiger partial charge in [-0.2, -0.15) is 0 Å². The van der Waals surface area contributed by atoms with E-state index in [1.54, 1.807) is 39.0 Å². The van der Waals surface area contributed by atoms with E-state index in [4.69, 9.17) is 16.3 Å². The zero-order valence-corrected chi connectivity index (χ0v) is 16.2. The first kappa shape index (κ1) is 20.7. The van der Waals surface area contributed by atoms with Gasteiger partial charge in [0.15, 0.2) is 6.61 Å². The second kappa shape index (κ2) is 8.39. The van der Waals surface area contributed by atoms with Gasteiger partial charge in [0.1, 0.15) is 5.54 Å². The molecule has 1 aromatic carbocycles. The molecule has 0 radical (unpaired) electrons. The van der Waals surface area contributed by atoms with Crippen molar-refractivity contribution >= 4 is 41.1 Å². The molecule has 1 heterocycles. The molecule has 0 spiro atoms. The molecule has 1 saturated heterocycles. The summed E-state index contributed by atoms with van der Waals surface area (Å²) >= 11 is 5.85. The van der Waals surface area contributed by atoms with Crippen molar-refractivity contribution in [2.45, 2.75) is 39.2 Å². The molecule has 0 aromatic heterocycles. The minimum absolute atomic E-state index is 0.00919. The van der Waals surface area contributed by atoms with Crippen molar-refractivity contribution < 1.29 is 23.9 Å². The van der Waals surface area contributed by atoms with Crippen LogP contribution in [0.3, 0.4) is 0 Å². The molecule has 1 aliphatic rings. The second-order valence-electron chi connectivity index (χ2n) is 6.78. The zero-order valence-electron chi connectivity index (χ0n) is 15.4. The van der Waals surface area contributed by atoms with Crippen molar-refractivity contribution in [1.82, 2.24) is 10.2 Å². The fraction of sp³-hybridized carbons (Fsp3) is 0.444. The van der Waals surface area contributed by atoms with Crippen LogP contribution in [-0.2, 0) is 19.1 Å². The summed E-state index contributed by atoms with van der Waals surface area (Å²) in [6.07, 6.45) is 0.247. The molecule has 8 nitrogen and oxygen atoms in total. The maximum Gasteiger partial charge on any atom is 0.325 e.